The molecule has 0 aliphatic rings. The van der Waals surface area contributed by atoms with Crippen molar-refractivity contribution in [1.29, 1.82) is 0 Å². The predicted octanol–water partition coefficient (Wildman–Crippen LogP) is 1.14. The van der Waals surface area contributed by atoms with E-state index in [-0.39, 0.29) is 18.1 Å². The second-order valence-electron chi connectivity index (χ2n) is 4.65. The second kappa shape index (κ2) is 4.90. The SMILES string of the molecule is CC(C)(CC(N)=O)Nc1cc(N)nc(C(F)(F)F)n1. The highest BCUT2D eigenvalue weighted by Gasteiger charge is 2.35. The van der Waals surface area contributed by atoms with Crippen LogP contribution in [0.1, 0.15) is 26.1 Å². The van der Waals surface area contributed by atoms with Crippen LogP contribution in [0.5, 0.6) is 0 Å². The number of nitrogen functional groups attached to an aromatic ring is 1. The van der Waals surface area contributed by atoms with Crippen LogP contribution in [0.2, 0.25) is 0 Å². The van der Waals surface area contributed by atoms with Crippen molar-refractivity contribution in [3.8, 4) is 0 Å². The van der Waals surface area contributed by atoms with Crippen molar-refractivity contribution >= 4 is 17.5 Å². The zero-order chi connectivity index (χ0) is 14.8. The summed E-state index contributed by atoms with van der Waals surface area (Å²) in [5.74, 6) is -2.37. The first-order valence-corrected chi connectivity index (χ1v) is 5.28. The fraction of sp³-hybridized carbons (Fsp3) is 0.500. The molecule has 1 aromatic heterocycles. The van der Waals surface area contributed by atoms with Crippen molar-refractivity contribution in [1.82, 2.24) is 9.97 Å². The molecule has 0 atom stereocenters. The molecule has 0 saturated heterocycles. The van der Waals surface area contributed by atoms with Crippen molar-refractivity contribution in [3.63, 3.8) is 0 Å². The maximum Gasteiger partial charge on any atom is 0.451 e. The molecule has 1 rings (SSSR count). The molecule has 0 saturated carbocycles. The zero-order valence-electron chi connectivity index (χ0n) is 10.4. The van der Waals surface area contributed by atoms with Gasteiger partial charge in [-0.2, -0.15) is 13.2 Å². The first-order valence-electron chi connectivity index (χ1n) is 5.28. The van der Waals surface area contributed by atoms with Crippen LogP contribution in [0.15, 0.2) is 6.07 Å². The number of anilines is 2. The molecule has 1 amide bonds. The summed E-state index contributed by atoms with van der Waals surface area (Å²) in [4.78, 5) is 17.3. The number of rotatable bonds is 4. The number of halogens is 3. The zero-order valence-corrected chi connectivity index (χ0v) is 10.4. The minimum absolute atomic E-state index is 0.0712. The maximum atomic E-state index is 12.5. The Morgan fingerprint density at radius 1 is 1.37 bits per heavy atom. The molecule has 6 nitrogen and oxygen atoms in total. The monoisotopic (exact) mass is 277 g/mol. The number of carbonyl (C=O) groups is 1. The number of carbonyl (C=O) groups excluding carboxylic acids is 1. The molecule has 5 N–H and O–H groups in total. The largest absolute Gasteiger partial charge is 0.451 e. The van der Waals surface area contributed by atoms with E-state index >= 15 is 0 Å². The molecule has 0 unspecified atom stereocenters. The Hall–Kier alpha value is -2.06. The minimum atomic E-state index is -4.69. The van der Waals surface area contributed by atoms with Gasteiger partial charge < -0.3 is 16.8 Å². The number of nitrogens with zero attached hydrogens (tertiary/aromatic N) is 2. The van der Waals surface area contributed by atoms with Gasteiger partial charge in [0.2, 0.25) is 11.7 Å². The van der Waals surface area contributed by atoms with Gasteiger partial charge in [0.05, 0.1) is 0 Å². The summed E-state index contributed by atoms with van der Waals surface area (Å²) in [5.41, 5.74) is 9.49. The second-order valence-corrected chi connectivity index (χ2v) is 4.65. The van der Waals surface area contributed by atoms with Crippen LogP contribution in [0.3, 0.4) is 0 Å². The summed E-state index contributed by atoms with van der Waals surface area (Å²) in [5, 5.41) is 2.67. The Morgan fingerprint density at radius 2 is 1.95 bits per heavy atom. The number of amides is 1. The van der Waals surface area contributed by atoms with Crippen LogP contribution in [0.25, 0.3) is 0 Å². The lowest BCUT2D eigenvalue weighted by atomic mass is 10.0. The smallest absolute Gasteiger partial charge is 0.384 e. The number of hydrogen-bond acceptors (Lipinski definition) is 5. The highest BCUT2D eigenvalue weighted by Crippen LogP contribution is 2.28. The maximum absolute atomic E-state index is 12.5. The molecular weight excluding hydrogens is 263 g/mol. The third-order valence-corrected chi connectivity index (χ3v) is 2.08. The fourth-order valence-corrected chi connectivity index (χ4v) is 1.48. The van der Waals surface area contributed by atoms with Crippen LogP contribution in [-0.2, 0) is 11.0 Å². The summed E-state index contributed by atoms with van der Waals surface area (Å²) in [7, 11) is 0. The Bertz CT molecular complexity index is 487. The number of hydrogen-bond donors (Lipinski definition) is 3. The highest BCUT2D eigenvalue weighted by atomic mass is 19.4. The van der Waals surface area contributed by atoms with Gasteiger partial charge in [-0.05, 0) is 13.8 Å². The van der Waals surface area contributed by atoms with E-state index in [1.54, 1.807) is 13.8 Å². The van der Waals surface area contributed by atoms with Crippen molar-refractivity contribution in [3.05, 3.63) is 11.9 Å². The predicted molar refractivity (Wildman–Crippen MR) is 63.0 cm³/mol. The van der Waals surface area contributed by atoms with Gasteiger partial charge in [-0.25, -0.2) is 9.97 Å². The molecule has 1 aromatic rings. The third kappa shape index (κ3) is 4.60. The van der Waals surface area contributed by atoms with Crippen molar-refractivity contribution in [2.75, 3.05) is 11.1 Å². The molecule has 0 aliphatic heterocycles. The molecule has 0 fully saturated rings. The van der Waals surface area contributed by atoms with Crippen molar-refractivity contribution in [2.45, 2.75) is 32.0 Å². The van der Waals surface area contributed by atoms with E-state index in [0.717, 1.165) is 6.07 Å². The summed E-state index contributed by atoms with van der Waals surface area (Å²) in [6, 6.07) is 1.15. The minimum Gasteiger partial charge on any atom is -0.384 e. The van der Waals surface area contributed by atoms with Gasteiger partial charge in [-0.15, -0.1) is 0 Å². The average Bonchev–Trinajstić information content (AvgIpc) is 2.11. The van der Waals surface area contributed by atoms with Crippen LogP contribution in [-0.4, -0.2) is 21.4 Å². The lowest BCUT2D eigenvalue weighted by Crippen LogP contribution is -2.36. The summed E-state index contributed by atoms with van der Waals surface area (Å²) < 4.78 is 37.5. The van der Waals surface area contributed by atoms with Crippen LogP contribution in [0, 0.1) is 0 Å². The van der Waals surface area contributed by atoms with E-state index in [9.17, 15) is 18.0 Å². The number of alkyl halides is 3. The molecule has 1 heterocycles. The number of aromatic nitrogens is 2. The molecule has 19 heavy (non-hydrogen) atoms. The van der Waals surface area contributed by atoms with Crippen LogP contribution < -0.4 is 16.8 Å². The van der Waals surface area contributed by atoms with E-state index in [4.69, 9.17) is 11.5 Å². The van der Waals surface area contributed by atoms with Gasteiger partial charge in [-0.1, -0.05) is 0 Å². The molecular formula is C10H14F3N5O. The number of nitrogens with one attached hydrogen (secondary N) is 1. The first kappa shape index (κ1) is 15.0. The van der Waals surface area contributed by atoms with Crippen molar-refractivity contribution < 1.29 is 18.0 Å². The van der Waals surface area contributed by atoms with Crippen LogP contribution >= 0.6 is 0 Å². The quantitative estimate of drug-likeness (QED) is 0.765. The van der Waals surface area contributed by atoms with E-state index in [1.807, 2.05) is 0 Å². The molecule has 0 aromatic carbocycles. The van der Waals surface area contributed by atoms with Gasteiger partial charge >= 0.3 is 6.18 Å². The molecule has 0 radical (unpaired) electrons. The van der Waals surface area contributed by atoms with E-state index < -0.39 is 23.4 Å². The highest BCUT2D eigenvalue weighted by molar-refractivity contribution is 5.75. The fourth-order valence-electron chi connectivity index (χ4n) is 1.48. The molecule has 0 spiro atoms. The number of nitrogens with two attached hydrogens (primary N) is 2. The van der Waals surface area contributed by atoms with E-state index in [0.29, 0.717) is 0 Å². The third-order valence-electron chi connectivity index (χ3n) is 2.08. The summed E-state index contributed by atoms with van der Waals surface area (Å²) in [6.45, 7) is 3.20. The Kier molecular flexibility index (Phi) is 3.87. The standard InChI is InChI=1S/C10H14F3N5O/c1-9(2,4-6(15)19)18-7-3-5(14)16-8(17-7)10(11,12)13/h3H,4H2,1-2H3,(H2,15,19)(H3,14,16,17,18). The van der Waals surface area contributed by atoms with Gasteiger partial charge in [0.25, 0.3) is 0 Å². The Labute approximate surface area is 107 Å². The van der Waals surface area contributed by atoms with Crippen molar-refractivity contribution in [2.24, 2.45) is 5.73 Å². The van der Waals surface area contributed by atoms with E-state index in [2.05, 4.69) is 15.3 Å². The summed E-state index contributed by atoms with van der Waals surface area (Å²) >= 11 is 0. The van der Waals surface area contributed by atoms with Gasteiger partial charge in [0, 0.05) is 18.0 Å². The Balaban J connectivity index is 3.02. The van der Waals surface area contributed by atoms with E-state index in [1.165, 1.54) is 0 Å². The lowest BCUT2D eigenvalue weighted by molar-refractivity contribution is -0.144. The lowest BCUT2D eigenvalue weighted by Gasteiger charge is -2.25. The molecule has 106 valence electrons. The van der Waals surface area contributed by atoms with Gasteiger partial charge in [0.1, 0.15) is 11.6 Å². The Morgan fingerprint density at radius 3 is 2.42 bits per heavy atom. The molecule has 0 aliphatic carbocycles. The first-order chi connectivity index (χ1) is 8.49. The van der Waals surface area contributed by atoms with Crippen LogP contribution in [0.4, 0.5) is 24.8 Å². The normalized spacial score (nSPS) is 12.3. The number of primary amides is 1. The summed E-state index contributed by atoms with van der Waals surface area (Å²) in [6.07, 6.45) is -4.77. The topological polar surface area (TPSA) is 107 Å². The molecule has 0 bridgehead atoms. The van der Waals surface area contributed by atoms with Gasteiger partial charge in [0.15, 0.2) is 0 Å². The molecule has 9 heteroatoms. The van der Waals surface area contributed by atoms with Gasteiger partial charge in [-0.3, -0.25) is 4.79 Å². The average molecular weight is 277 g/mol.